The van der Waals surface area contributed by atoms with Crippen LogP contribution in [0, 0.1) is 11.8 Å². The number of hydrogen-bond acceptors (Lipinski definition) is 7. The van der Waals surface area contributed by atoms with Gasteiger partial charge in [0, 0.05) is 36.5 Å². The third-order valence-electron chi connectivity index (χ3n) is 7.46. The molecule has 0 spiro atoms. The van der Waals surface area contributed by atoms with Crippen molar-refractivity contribution in [3.63, 3.8) is 0 Å². The maximum atomic E-state index is 13.4. The van der Waals surface area contributed by atoms with Crippen LogP contribution < -0.4 is 0 Å². The van der Waals surface area contributed by atoms with Gasteiger partial charge >= 0.3 is 0 Å². The average Bonchev–Trinajstić information content (AvgIpc) is 3.19. The Morgan fingerprint density at radius 1 is 1.09 bits per heavy atom. The van der Waals surface area contributed by atoms with Crippen molar-refractivity contribution in [2.24, 2.45) is 22.1 Å². The number of fused-ring (bicyclic) bond motifs is 4. The fourth-order valence-electron chi connectivity index (χ4n) is 5.90. The summed E-state index contributed by atoms with van der Waals surface area (Å²) in [5.74, 6) is 0.153. The highest BCUT2D eigenvalue weighted by Gasteiger charge is 2.38. The number of carbonyl (C=O) groups excluding carboxylic acids is 2. The zero-order valence-corrected chi connectivity index (χ0v) is 20.1. The molecule has 0 N–H and O–H groups in total. The van der Waals surface area contributed by atoms with Crippen LogP contribution in [0.3, 0.4) is 0 Å². The molecule has 2 heterocycles. The molecule has 6 rings (SSSR count). The lowest BCUT2D eigenvalue weighted by molar-refractivity contribution is -0.126. The van der Waals surface area contributed by atoms with Crippen LogP contribution in [0.2, 0.25) is 0 Å². The van der Waals surface area contributed by atoms with Gasteiger partial charge in [0.2, 0.25) is 0 Å². The van der Waals surface area contributed by atoms with E-state index in [4.69, 9.17) is 4.74 Å². The summed E-state index contributed by atoms with van der Waals surface area (Å²) < 4.78 is 5.86. The molecule has 0 saturated carbocycles. The van der Waals surface area contributed by atoms with Gasteiger partial charge in [-0.3, -0.25) is 14.6 Å². The summed E-state index contributed by atoms with van der Waals surface area (Å²) in [7, 11) is 4.23. The lowest BCUT2D eigenvalue weighted by Crippen LogP contribution is -2.27. The van der Waals surface area contributed by atoms with Crippen molar-refractivity contribution >= 4 is 22.7 Å². The fourth-order valence-corrected chi connectivity index (χ4v) is 5.90. The van der Waals surface area contributed by atoms with E-state index in [1.165, 1.54) is 16.7 Å². The summed E-state index contributed by atoms with van der Waals surface area (Å²) in [4.78, 5) is 33.1. The second kappa shape index (κ2) is 8.64. The molecule has 0 fully saturated rings. The zero-order valence-electron chi connectivity index (χ0n) is 20.1. The first kappa shape index (κ1) is 22.0. The maximum Gasteiger partial charge on any atom is 0.198 e. The molecular formula is C28H28N4O3. The summed E-state index contributed by atoms with van der Waals surface area (Å²) in [5, 5.41) is 8.58. The van der Waals surface area contributed by atoms with Gasteiger partial charge in [0.25, 0.3) is 0 Å². The number of Topliss-reactive ketones (excluding diaryl/α,β-unsaturated/α-hetero) is 2. The topological polar surface area (TPSA) is 84.2 Å². The maximum absolute atomic E-state index is 13.4. The summed E-state index contributed by atoms with van der Waals surface area (Å²) >= 11 is 0. The Hall–Kier alpha value is -3.45. The zero-order chi connectivity index (χ0) is 24.1. The molecule has 0 amide bonds. The highest BCUT2D eigenvalue weighted by atomic mass is 16.5. The van der Waals surface area contributed by atoms with Gasteiger partial charge in [0.05, 0.1) is 29.4 Å². The largest absolute Gasteiger partial charge is 0.474 e. The molecule has 8 bridgehead atoms. The van der Waals surface area contributed by atoms with Gasteiger partial charge in [-0.05, 0) is 79.7 Å². The number of hydrogen-bond donors (Lipinski definition) is 0. The number of ether oxygens (including phenoxy) is 1. The van der Waals surface area contributed by atoms with E-state index in [0.717, 1.165) is 48.3 Å². The number of aromatic nitrogens is 1. The van der Waals surface area contributed by atoms with E-state index in [-0.39, 0.29) is 24.7 Å². The predicted octanol–water partition coefficient (Wildman–Crippen LogP) is 4.68. The van der Waals surface area contributed by atoms with Crippen LogP contribution >= 0.6 is 0 Å². The van der Waals surface area contributed by atoms with Crippen LogP contribution in [-0.4, -0.2) is 48.8 Å². The number of allylic oxidation sites excluding steroid dienone is 4. The summed E-state index contributed by atoms with van der Waals surface area (Å²) in [5.41, 5.74) is 7.42. The van der Waals surface area contributed by atoms with Gasteiger partial charge in [-0.15, -0.1) is 5.11 Å². The van der Waals surface area contributed by atoms with Crippen LogP contribution in [0.5, 0.6) is 0 Å². The van der Waals surface area contributed by atoms with Gasteiger partial charge in [-0.2, -0.15) is 5.11 Å². The fraction of sp³-hybridized carbons (Fsp3) is 0.393. The molecule has 2 unspecified atom stereocenters. The Labute approximate surface area is 204 Å². The molecule has 7 heteroatoms. The van der Waals surface area contributed by atoms with Crippen molar-refractivity contribution in [1.82, 2.24) is 9.88 Å². The smallest absolute Gasteiger partial charge is 0.198 e. The van der Waals surface area contributed by atoms with E-state index >= 15 is 0 Å². The Balaban J connectivity index is 1.68. The molecule has 2 aliphatic heterocycles. The Morgan fingerprint density at radius 3 is 2.83 bits per heavy atom. The van der Waals surface area contributed by atoms with Crippen LogP contribution in [0.25, 0.3) is 22.3 Å². The normalized spacial score (nSPS) is 26.8. The Morgan fingerprint density at radius 2 is 1.97 bits per heavy atom. The van der Waals surface area contributed by atoms with Crippen LogP contribution in [0.1, 0.15) is 42.4 Å². The SMILES string of the molecule is CN(C)CC1CCc2cc3c4cncc-4cc2/C1=C\CC/C1=C/C2C(=O)CC(=O)C3=C2N=NCO1. The van der Waals surface area contributed by atoms with Crippen molar-refractivity contribution in [2.75, 3.05) is 27.4 Å². The molecule has 35 heavy (non-hydrogen) atoms. The van der Waals surface area contributed by atoms with Gasteiger partial charge < -0.3 is 9.64 Å². The van der Waals surface area contributed by atoms with Gasteiger partial charge in [-0.25, -0.2) is 0 Å². The third kappa shape index (κ3) is 3.84. The first-order valence-corrected chi connectivity index (χ1v) is 12.3. The third-order valence-corrected chi connectivity index (χ3v) is 7.46. The summed E-state index contributed by atoms with van der Waals surface area (Å²) in [6, 6.07) is 4.39. The van der Waals surface area contributed by atoms with Crippen molar-refractivity contribution in [3.8, 4) is 11.1 Å². The first-order chi connectivity index (χ1) is 17.0. The molecular weight excluding hydrogens is 440 g/mol. The molecule has 0 aromatic carbocycles. The molecule has 178 valence electrons. The van der Waals surface area contributed by atoms with E-state index in [9.17, 15) is 9.59 Å². The number of carbonyl (C=O) groups is 2. The highest BCUT2D eigenvalue weighted by molar-refractivity contribution is 6.31. The summed E-state index contributed by atoms with van der Waals surface area (Å²) in [6.07, 6.45) is 11.2. The summed E-state index contributed by atoms with van der Waals surface area (Å²) in [6.45, 7) is 1.04. The molecule has 7 nitrogen and oxygen atoms in total. The number of nitrogens with zero attached hydrogens (tertiary/aromatic N) is 4. The number of ketones is 2. The number of aryl methyl sites for hydroxylation is 1. The van der Waals surface area contributed by atoms with E-state index in [2.05, 4.69) is 52.4 Å². The average molecular weight is 469 g/mol. The monoisotopic (exact) mass is 468 g/mol. The molecule has 0 radical (unpaired) electrons. The second-order valence-electron chi connectivity index (χ2n) is 10.1. The van der Waals surface area contributed by atoms with E-state index in [0.29, 0.717) is 23.6 Å². The number of rotatable bonds is 2. The predicted molar refractivity (Wildman–Crippen MR) is 132 cm³/mol. The van der Waals surface area contributed by atoms with Crippen LogP contribution in [-0.2, 0) is 20.7 Å². The first-order valence-electron chi connectivity index (χ1n) is 12.3. The standard InChI is InChI=1S/C28H28N4O3/c1-32(2)14-17-7-6-16-8-22-24-13-29-12-18(24)9-21(16)20(17)5-3-4-19-10-23-25(33)11-26(34)27(22)28(23)31-30-15-35-19/h5,8-10,12-13,17,23H,3-4,6-7,11,14-15H2,1-2H3/b19-10-,20-5-,31-30?. The van der Waals surface area contributed by atoms with E-state index in [1.807, 2.05) is 18.5 Å². The molecule has 0 aromatic heterocycles. The minimum absolute atomic E-state index is 0.0717. The van der Waals surface area contributed by atoms with Gasteiger partial charge in [0.15, 0.2) is 18.3 Å². The minimum Gasteiger partial charge on any atom is -0.474 e. The minimum atomic E-state index is -0.635. The van der Waals surface area contributed by atoms with Gasteiger partial charge in [0.1, 0.15) is 0 Å². The van der Waals surface area contributed by atoms with E-state index < -0.39 is 5.92 Å². The quantitative estimate of drug-likeness (QED) is 0.598. The van der Waals surface area contributed by atoms with Crippen LogP contribution in [0.15, 0.2) is 58.4 Å². The van der Waals surface area contributed by atoms with Crippen molar-refractivity contribution in [1.29, 1.82) is 0 Å². The molecule has 0 saturated heterocycles. The lowest BCUT2D eigenvalue weighted by Gasteiger charge is -2.30. The molecule has 4 aliphatic carbocycles. The highest BCUT2D eigenvalue weighted by Crippen LogP contribution is 2.44. The van der Waals surface area contributed by atoms with Gasteiger partial charge in [-0.1, -0.05) is 6.08 Å². The van der Waals surface area contributed by atoms with Crippen LogP contribution in [0.4, 0.5) is 0 Å². The second-order valence-corrected chi connectivity index (χ2v) is 10.1. The molecule has 0 aromatic rings. The molecule has 6 aliphatic rings. The van der Waals surface area contributed by atoms with Crippen molar-refractivity contribution in [3.05, 3.63) is 64.8 Å². The lowest BCUT2D eigenvalue weighted by atomic mass is 9.79. The molecule has 2 atom stereocenters. The van der Waals surface area contributed by atoms with E-state index in [1.54, 1.807) is 0 Å². The Kier molecular flexibility index (Phi) is 5.44. The number of azo groups is 1. The van der Waals surface area contributed by atoms with Crippen molar-refractivity contribution < 1.29 is 14.3 Å². The van der Waals surface area contributed by atoms with Crippen molar-refractivity contribution in [2.45, 2.75) is 32.1 Å². The Bertz CT molecular complexity index is 1330.